The van der Waals surface area contributed by atoms with E-state index in [1.54, 1.807) is 13.8 Å². The zero-order valence-corrected chi connectivity index (χ0v) is 11.6. The molecule has 4 nitrogen and oxygen atoms in total. The molecular weight excluding hydrogens is 224 g/mol. The van der Waals surface area contributed by atoms with E-state index in [1.165, 1.54) is 0 Å². The first-order valence-electron chi connectivity index (χ1n) is 5.93. The molecule has 0 saturated carbocycles. The van der Waals surface area contributed by atoms with Crippen molar-refractivity contribution >= 4 is 9.84 Å². The fourth-order valence-electron chi connectivity index (χ4n) is 1.91. The van der Waals surface area contributed by atoms with Crippen LogP contribution in [0.4, 0.5) is 0 Å². The Kier molecular flexibility index (Phi) is 4.37. The average molecular weight is 248 g/mol. The molecule has 1 heterocycles. The van der Waals surface area contributed by atoms with Gasteiger partial charge in [0.2, 0.25) is 0 Å². The summed E-state index contributed by atoms with van der Waals surface area (Å²) in [5, 5.41) is 3.07. The molecule has 0 aromatic heterocycles. The van der Waals surface area contributed by atoms with Gasteiger partial charge in [-0.2, -0.15) is 0 Å². The van der Waals surface area contributed by atoms with Crippen molar-refractivity contribution in [3.63, 3.8) is 0 Å². The van der Waals surface area contributed by atoms with Crippen LogP contribution in [0, 0.1) is 0 Å². The topological polar surface area (TPSA) is 49.4 Å². The molecule has 0 aromatic carbocycles. The minimum Gasteiger partial charge on any atom is -0.314 e. The third-order valence-electron chi connectivity index (χ3n) is 3.34. The van der Waals surface area contributed by atoms with Crippen molar-refractivity contribution in [3.05, 3.63) is 0 Å². The highest BCUT2D eigenvalue weighted by molar-refractivity contribution is 7.92. The first-order chi connectivity index (χ1) is 7.26. The van der Waals surface area contributed by atoms with Crippen LogP contribution < -0.4 is 5.32 Å². The summed E-state index contributed by atoms with van der Waals surface area (Å²) in [5.74, 6) is 0.272. The largest absolute Gasteiger partial charge is 0.314 e. The van der Waals surface area contributed by atoms with Gasteiger partial charge in [0.05, 0.1) is 11.0 Å². The van der Waals surface area contributed by atoms with E-state index in [-0.39, 0.29) is 16.5 Å². The van der Waals surface area contributed by atoms with Crippen LogP contribution in [-0.4, -0.2) is 56.0 Å². The van der Waals surface area contributed by atoms with E-state index in [0.717, 1.165) is 19.6 Å². The highest BCUT2D eigenvalue weighted by atomic mass is 32.2. The molecule has 0 bridgehead atoms. The second kappa shape index (κ2) is 5.02. The molecular formula is C11H24N2O2S. The summed E-state index contributed by atoms with van der Waals surface area (Å²) in [6.45, 7) is 11.3. The van der Waals surface area contributed by atoms with Crippen molar-refractivity contribution in [2.45, 2.75) is 38.5 Å². The van der Waals surface area contributed by atoms with Gasteiger partial charge >= 0.3 is 0 Å². The second-order valence-corrected chi connectivity index (χ2v) is 8.07. The predicted molar refractivity (Wildman–Crippen MR) is 67.4 cm³/mol. The summed E-state index contributed by atoms with van der Waals surface area (Å²) in [6, 6.07) is 0. The Labute approximate surface area is 99.3 Å². The van der Waals surface area contributed by atoms with E-state index in [0.29, 0.717) is 6.54 Å². The van der Waals surface area contributed by atoms with Crippen molar-refractivity contribution in [1.82, 2.24) is 10.2 Å². The van der Waals surface area contributed by atoms with Gasteiger partial charge in [-0.1, -0.05) is 0 Å². The number of piperazine rings is 1. The zero-order valence-electron chi connectivity index (χ0n) is 10.8. The van der Waals surface area contributed by atoms with Crippen LogP contribution in [0.25, 0.3) is 0 Å². The van der Waals surface area contributed by atoms with E-state index >= 15 is 0 Å². The van der Waals surface area contributed by atoms with Gasteiger partial charge in [0, 0.05) is 31.7 Å². The molecule has 0 radical (unpaired) electrons. The molecule has 1 saturated heterocycles. The lowest BCUT2D eigenvalue weighted by atomic mass is 10.0. The first kappa shape index (κ1) is 13.9. The summed E-state index contributed by atoms with van der Waals surface area (Å²) < 4.78 is 23.5. The highest BCUT2D eigenvalue weighted by Gasteiger charge is 2.30. The van der Waals surface area contributed by atoms with Crippen molar-refractivity contribution in [3.8, 4) is 0 Å². The third-order valence-corrected chi connectivity index (χ3v) is 5.52. The number of sulfone groups is 1. The van der Waals surface area contributed by atoms with Crippen LogP contribution in [0.1, 0.15) is 27.7 Å². The van der Waals surface area contributed by atoms with Crippen LogP contribution in [0.2, 0.25) is 0 Å². The summed E-state index contributed by atoms with van der Waals surface area (Å²) in [7, 11) is -2.91. The van der Waals surface area contributed by atoms with Gasteiger partial charge < -0.3 is 5.32 Å². The minimum absolute atomic E-state index is 0.0603. The molecule has 0 unspecified atom stereocenters. The molecule has 1 fully saturated rings. The molecule has 1 N–H and O–H groups in total. The van der Waals surface area contributed by atoms with Gasteiger partial charge in [0.1, 0.15) is 0 Å². The van der Waals surface area contributed by atoms with Crippen LogP contribution >= 0.6 is 0 Å². The minimum atomic E-state index is -2.91. The van der Waals surface area contributed by atoms with Gasteiger partial charge in [0.25, 0.3) is 0 Å². The zero-order chi connectivity index (χ0) is 12.4. The van der Waals surface area contributed by atoms with Crippen LogP contribution in [0.3, 0.4) is 0 Å². The van der Waals surface area contributed by atoms with Crippen LogP contribution in [0.5, 0.6) is 0 Å². The van der Waals surface area contributed by atoms with Gasteiger partial charge in [-0.25, -0.2) is 8.42 Å². The molecule has 1 rings (SSSR count). The highest BCUT2D eigenvalue weighted by Crippen LogP contribution is 2.16. The Morgan fingerprint density at radius 3 is 2.50 bits per heavy atom. The van der Waals surface area contributed by atoms with Crippen molar-refractivity contribution in [2.75, 3.05) is 31.9 Å². The van der Waals surface area contributed by atoms with Crippen molar-refractivity contribution < 1.29 is 8.42 Å². The number of rotatable bonds is 4. The van der Waals surface area contributed by atoms with E-state index in [2.05, 4.69) is 24.1 Å². The fourth-order valence-corrected chi connectivity index (χ4v) is 2.86. The smallest absolute Gasteiger partial charge is 0.153 e. The fraction of sp³-hybridized carbons (Fsp3) is 1.00. The van der Waals surface area contributed by atoms with Crippen molar-refractivity contribution in [2.24, 2.45) is 0 Å². The lowest BCUT2D eigenvalue weighted by Gasteiger charge is -2.42. The maximum Gasteiger partial charge on any atom is 0.153 e. The van der Waals surface area contributed by atoms with E-state index in [1.807, 2.05) is 0 Å². The Hall–Kier alpha value is -0.130. The molecule has 5 heteroatoms. The lowest BCUT2D eigenvalue weighted by molar-refractivity contribution is 0.0981. The molecule has 16 heavy (non-hydrogen) atoms. The Balaban J connectivity index is 2.55. The van der Waals surface area contributed by atoms with Crippen LogP contribution in [0.15, 0.2) is 0 Å². The summed E-state index contributed by atoms with van der Waals surface area (Å²) in [6.07, 6.45) is 0. The predicted octanol–water partition coefficient (Wildman–Crippen LogP) is 0.493. The molecule has 1 aliphatic rings. The number of nitrogens with one attached hydrogen (secondary N) is 1. The Bertz CT molecular complexity index is 323. The van der Waals surface area contributed by atoms with E-state index in [9.17, 15) is 8.42 Å². The van der Waals surface area contributed by atoms with Crippen molar-refractivity contribution in [1.29, 1.82) is 0 Å². The van der Waals surface area contributed by atoms with Gasteiger partial charge in [-0.05, 0) is 27.7 Å². The number of hydrogen-bond donors (Lipinski definition) is 1. The molecule has 96 valence electrons. The SMILES string of the molecule is CC(C)S(=O)(=O)CCN1CCNCC1(C)C. The molecule has 1 aliphatic heterocycles. The molecule has 0 atom stereocenters. The lowest BCUT2D eigenvalue weighted by Crippen LogP contribution is -2.58. The van der Waals surface area contributed by atoms with Gasteiger partial charge in [-0.15, -0.1) is 0 Å². The molecule has 0 amide bonds. The Morgan fingerprint density at radius 2 is 2.00 bits per heavy atom. The summed E-state index contributed by atoms with van der Waals surface area (Å²) in [4.78, 5) is 2.27. The third kappa shape index (κ3) is 3.43. The summed E-state index contributed by atoms with van der Waals surface area (Å²) >= 11 is 0. The molecule has 0 spiro atoms. The average Bonchev–Trinajstić information content (AvgIpc) is 2.15. The monoisotopic (exact) mass is 248 g/mol. The maximum absolute atomic E-state index is 11.7. The standard InChI is InChI=1S/C11H24N2O2S/c1-10(2)16(14,15)8-7-13-6-5-12-9-11(13,3)4/h10,12H,5-9H2,1-4H3. The molecule has 0 aromatic rings. The van der Waals surface area contributed by atoms with Gasteiger partial charge in [0.15, 0.2) is 9.84 Å². The quantitative estimate of drug-likeness (QED) is 0.787. The van der Waals surface area contributed by atoms with E-state index < -0.39 is 9.84 Å². The second-order valence-electron chi connectivity index (χ2n) is 5.39. The maximum atomic E-state index is 11.7. The van der Waals surface area contributed by atoms with E-state index in [4.69, 9.17) is 0 Å². The normalized spacial score (nSPS) is 22.6. The first-order valence-corrected chi connectivity index (χ1v) is 7.64. The number of hydrogen-bond acceptors (Lipinski definition) is 4. The van der Waals surface area contributed by atoms with Crippen LogP contribution in [-0.2, 0) is 9.84 Å². The summed E-state index contributed by atoms with van der Waals surface area (Å²) in [5.41, 5.74) is 0.0603. The molecule has 0 aliphatic carbocycles. The Morgan fingerprint density at radius 1 is 1.38 bits per heavy atom. The number of nitrogens with zero attached hydrogens (tertiary/aromatic N) is 1. The van der Waals surface area contributed by atoms with Gasteiger partial charge in [-0.3, -0.25) is 4.90 Å².